The second-order valence-electron chi connectivity index (χ2n) is 5.95. The van der Waals surface area contributed by atoms with Crippen LogP contribution >= 0.6 is 0 Å². The minimum atomic E-state index is 0.173. The molecular weight excluding hydrogens is 290 g/mol. The van der Waals surface area contributed by atoms with Gasteiger partial charge in [0.05, 0.1) is 26.1 Å². The average molecular weight is 313 g/mol. The molecule has 1 atom stereocenters. The van der Waals surface area contributed by atoms with E-state index in [1.807, 2.05) is 46.1 Å². The van der Waals surface area contributed by atoms with Crippen LogP contribution in [0, 0.1) is 0 Å². The number of para-hydroxylation sites is 1. The Morgan fingerprint density at radius 2 is 2.17 bits per heavy atom. The molecule has 2 aromatic rings. The summed E-state index contributed by atoms with van der Waals surface area (Å²) in [5.41, 5.74) is 0.948. The Bertz CT molecular complexity index is 639. The zero-order valence-electron chi connectivity index (χ0n) is 13.5. The molecule has 23 heavy (non-hydrogen) atoms. The molecule has 5 nitrogen and oxygen atoms in total. The van der Waals surface area contributed by atoms with E-state index in [1.165, 1.54) is 6.42 Å². The number of amides is 1. The van der Waals surface area contributed by atoms with Gasteiger partial charge in [-0.25, -0.2) is 0 Å². The molecule has 1 aliphatic rings. The van der Waals surface area contributed by atoms with Gasteiger partial charge in [-0.2, -0.15) is 5.10 Å². The molecule has 2 heterocycles. The van der Waals surface area contributed by atoms with Crippen LogP contribution in [0.3, 0.4) is 0 Å². The van der Waals surface area contributed by atoms with Gasteiger partial charge in [-0.1, -0.05) is 18.2 Å². The predicted octanol–water partition coefficient (Wildman–Crippen LogP) is 2.52. The van der Waals surface area contributed by atoms with Gasteiger partial charge in [-0.15, -0.1) is 0 Å². The summed E-state index contributed by atoms with van der Waals surface area (Å²) in [6.07, 6.45) is 7.41. The number of methoxy groups -OCH3 is 1. The van der Waals surface area contributed by atoms with Crippen molar-refractivity contribution in [1.82, 2.24) is 14.7 Å². The van der Waals surface area contributed by atoms with E-state index in [0.29, 0.717) is 6.42 Å². The first kappa shape index (κ1) is 15.6. The molecule has 1 aromatic heterocycles. The number of hydrogen-bond donors (Lipinski definition) is 0. The highest BCUT2D eigenvalue weighted by Crippen LogP contribution is 2.23. The molecule has 1 aliphatic heterocycles. The summed E-state index contributed by atoms with van der Waals surface area (Å²) in [6, 6.07) is 9.88. The fourth-order valence-electron chi connectivity index (χ4n) is 3.26. The Labute approximate surface area is 136 Å². The van der Waals surface area contributed by atoms with Crippen molar-refractivity contribution in [3.63, 3.8) is 0 Å². The number of rotatable bonds is 5. The molecule has 0 bridgehead atoms. The van der Waals surface area contributed by atoms with E-state index >= 15 is 0 Å². The summed E-state index contributed by atoms with van der Waals surface area (Å²) in [6.45, 7) is 1.60. The molecule has 0 radical (unpaired) electrons. The van der Waals surface area contributed by atoms with Crippen LogP contribution in [0.2, 0.25) is 0 Å². The van der Waals surface area contributed by atoms with Crippen molar-refractivity contribution >= 4 is 5.91 Å². The predicted molar refractivity (Wildman–Crippen MR) is 88.3 cm³/mol. The third kappa shape index (κ3) is 3.73. The van der Waals surface area contributed by atoms with Gasteiger partial charge in [0.1, 0.15) is 5.75 Å². The van der Waals surface area contributed by atoms with E-state index in [1.54, 1.807) is 13.3 Å². The van der Waals surface area contributed by atoms with E-state index in [4.69, 9.17) is 4.74 Å². The monoisotopic (exact) mass is 313 g/mol. The number of nitrogens with zero attached hydrogens (tertiary/aromatic N) is 3. The van der Waals surface area contributed by atoms with E-state index in [0.717, 1.165) is 37.2 Å². The highest BCUT2D eigenvalue weighted by atomic mass is 16.5. The second kappa shape index (κ2) is 7.31. The van der Waals surface area contributed by atoms with Crippen LogP contribution in [0.25, 0.3) is 0 Å². The molecule has 5 heteroatoms. The maximum Gasteiger partial charge on any atom is 0.227 e. The first-order valence-corrected chi connectivity index (χ1v) is 8.16. The Balaban J connectivity index is 1.71. The topological polar surface area (TPSA) is 47.4 Å². The Kier molecular flexibility index (Phi) is 4.95. The van der Waals surface area contributed by atoms with Gasteiger partial charge in [0.25, 0.3) is 0 Å². The van der Waals surface area contributed by atoms with Gasteiger partial charge >= 0.3 is 0 Å². The molecule has 0 spiro atoms. The smallest absolute Gasteiger partial charge is 0.227 e. The largest absolute Gasteiger partial charge is 0.496 e. The zero-order chi connectivity index (χ0) is 16.1. The number of likely N-dealkylation sites (tertiary alicyclic amines) is 1. The van der Waals surface area contributed by atoms with Crippen molar-refractivity contribution in [2.45, 2.75) is 38.3 Å². The van der Waals surface area contributed by atoms with Crippen molar-refractivity contribution < 1.29 is 9.53 Å². The summed E-state index contributed by atoms with van der Waals surface area (Å²) >= 11 is 0. The van der Waals surface area contributed by atoms with E-state index < -0.39 is 0 Å². The van der Waals surface area contributed by atoms with Crippen LogP contribution < -0.4 is 4.74 Å². The minimum absolute atomic E-state index is 0.173. The lowest BCUT2D eigenvalue weighted by Gasteiger charge is -2.36. The number of piperidine rings is 1. The molecule has 1 amide bonds. The third-order valence-electron chi connectivity index (χ3n) is 4.44. The van der Waals surface area contributed by atoms with Crippen molar-refractivity contribution in [2.24, 2.45) is 0 Å². The number of benzene rings is 1. The summed E-state index contributed by atoms with van der Waals surface area (Å²) in [5, 5.41) is 4.27. The second-order valence-corrected chi connectivity index (χ2v) is 5.95. The molecule has 122 valence electrons. The number of carbonyl (C=O) groups is 1. The Morgan fingerprint density at radius 1 is 1.30 bits per heavy atom. The molecule has 0 aliphatic carbocycles. The lowest BCUT2D eigenvalue weighted by molar-refractivity contribution is -0.134. The number of carbonyl (C=O) groups excluding carboxylic acids is 1. The number of hydrogen-bond acceptors (Lipinski definition) is 3. The van der Waals surface area contributed by atoms with Crippen molar-refractivity contribution in [1.29, 1.82) is 0 Å². The SMILES string of the molecule is COc1ccccc1CC(=O)N1CCCCC1Cn1cccn1. The maximum atomic E-state index is 12.8. The Morgan fingerprint density at radius 3 is 2.96 bits per heavy atom. The first-order valence-electron chi connectivity index (χ1n) is 8.16. The first-order chi connectivity index (χ1) is 11.3. The average Bonchev–Trinajstić information content (AvgIpc) is 3.09. The molecule has 3 rings (SSSR count). The van der Waals surface area contributed by atoms with Crippen LogP contribution in [-0.2, 0) is 17.8 Å². The van der Waals surface area contributed by atoms with Crippen molar-refractivity contribution in [3.05, 3.63) is 48.3 Å². The van der Waals surface area contributed by atoms with E-state index in [-0.39, 0.29) is 11.9 Å². The molecule has 1 saturated heterocycles. The standard InChI is InChI=1S/C18H23N3O2/c1-23-17-9-3-2-7-15(17)13-18(22)21-12-5-4-8-16(21)14-20-11-6-10-19-20/h2-3,6-7,9-11,16H,4-5,8,12-14H2,1H3. The number of aromatic nitrogens is 2. The summed E-state index contributed by atoms with van der Waals surface area (Å²) in [4.78, 5) is 14.8. The lowest BCUT2D eigenvalue weighted by atomic mass is 10.0. The fourth-order valence-corrected chi connectivity index (χ4v) is 3.26. The summed E-state index contributed by atoms with van der Waals surface area (Å²) in [5.74, 6) is 0.952. The van der Waals surface area contributed by atoms with Gasteiger partial charge in [-0.3, -0.25) is 9.48 Å². The van der Waals surface area contributed by atoms with E-state index in [2.05, 4.69) is 5.10 Å². The van der Waals surface area contributed by atoms with Crippen LogP contribution in [0.5, 0.6) is 5.75 Å². The molecule has 0 saturated carbocycles. The molecule has 0 N–H and O–H groups in total. The van der Waals surface area contributed by atoms with Crippen LogP contribution in [0.4, 0.5) is 0 Å². The van der Waals surface area contributed by atoms with Crippen LogP contribution in [-0.4, -0.2) is 40.3 Å². The molecule has 1 unspecified atom stereocenters. The van der Waals surface area contributed by atoms with Crippen LogP contribution in [0.1, 0.15) is 24.8 Å². The number of ether oxygens (including phenoxy) is 1. The van der Waals surface area contributed by atoms with Gasteiger partial charge in [0.2, 0.25) is 5.91 Å². The van der Waals surface area contributed by atoms with Crippen LogP contribution in [0.15, 0.2) is 42.7 Å². The molecule has 1 fully saturated rings. The van der Waals surface area contributed by atoms with Gasteiger partial charge in [0, 0.05) is 24.5 Å². The zero-order valence-corrected chi connectivity index (χ0v) is 13.5. The quantitative estimate of drug-likeness (QED) is 0.852. The molecular formula is C18H23N3O2. The van der Waals surface area contributed by atoms with Gasteiger partial charge in [0.15, 0.2) is 0 Å². The summed E-state index contributed by atoms with van der Waals surface area (Å²) in [7, 11) is 1.64. The highest BCUT2D eigenvalue weighted by Gasteiger charge is 2.27. The Hall–Kier alpha value is -2.30. The van der Waals surface area contributed by atoms with E-state index in [9.17, 15) is 4.79 Å². The third-order valence-corrected chi connectivity index (χ3v) is 4.44. The normalized spacial score (nSPS) is 18.0. The lowest BCUT2D eigenvalue weighted by Crippen LogP contribution is -2.46. The highest BCUT2D eigenvalue weighted by molar-refractivity contribution is 5.80. The van der Waals surface area contributed by atoms with Gasteiger partial charge < -0.3 is 9.64 Å². The molecule has 1 aromatic carbocycles. The fraction of sp³-hybridized carbons (Fsp3) is 0.444. The maximum absolute atomic E-state index is 12.8. The summed E-state index contributed by atoms with van der Waals surface area (Å²) < 4.78 is 7.28. The van der Waals surface area contributed by atoms with Crippen molar-refractivity contribution in [2.75, 3.05) is 13.7 Å². The van der Waals surface area contributed by atoms with Gasteiger partial charge in [-0.05, 0) is 31.4 Å². The minimum Gasteiger partial charge on any atom is -0.496 e. The van der Waals surface area contributed by atoms with Crippen molar-refractivity contribution in [3.8, 4) is 5.75 Å².